The van der Waals surface area contributed by atoms with E-state index in [0.29, 0.717) is 5.02 Å². The molecular formula is C10H11ClN4. The first-order chi connectivity index (χ1) is 7.31. The van der Waals surface area contributed by atoms with Gasteiger partial charge in [-0.3, -0.25) is 0 Å². The first-order valence-corrected chi connectivity index (χ1v) is 5.07. The molecule has 0 aliphatic rings. The van der Waals surface area contributed by atoms with Crippen LogP contribution in [0.5, 0.6) is 0 Å². The number of nitrogens with zero attached hydrogens (tertiary/aromatic N) is 3. The van der Waals surface area contributed by atoms with E-state index in [4.69, 9.17) is 11.6 Å². The minimum absolute atomic E-state index is 0.704. The summed E-state index contributed by atoms with van der Waals surface area (Å²) in [7, 11) is 0. The summed E-state index contributed by atoms with van der Waals surface area (Å²) in [6.07, 6.45) is 3.16. The Kier molecular flexibility index (Phi) is 2.87. The fourth-order valence-electron chi connectivity index (χ4n) is 1.37. The molecule has 1 heterocycles. The van der Waals surface area contributed by atoms with Crippen molar-refractivity contribution < 1.29 is 0 Å². The SMILES string of the molecule is CCNc1cc(Cl)ccc1-n1cncn1. The van der Waals surface area contributed by atoms with Crippen molar-refractivity contribution in [3.8, 4) is 5.69 Å². The van der Waals surface area contributed by atoms with Crippen molar-refractivity contribution in [3.63, 3.8) is 0 Å². The highest BCUT2D eigenvalue weighted by Crippen LogP contribution is 2.23. The van der Waals surface area contributed by atoms with E-state index in [9.17, 15) is 0 Å². The van der Waals surface area contributed by atoms with Crippen LogP contribution in [0, 0.1) is 0 Å². The average Bonchev–Trinajstić information content (AvgIpc) is 2.71. The topological polar surface area (TPSA) is 42.7 Å². The van der Waals surface area contributed by atoms with E-state index < -0.39 is 0 Å². The van der Waals surface area contributed by atoms with Gasteiger partial charge in [-0.1, -0.05) is 11.6 Å². The standard InChI is InChI=1S/C10H11ClN4/c1-2-13-9-5-8(11)3-4-10(9)15-7-12-6-14-15/h3-7,13H,2H2,1H3. The first kappa shape index (κ1) is 9.98. The Labute approximate surface area is 92.9 Å². The zero-order valence-electron chi connectivity index (χ0n) is 8.31. The quantitative estimate of drug-likeness (QED) is 0.867. The number of aromatic nitrogens is 3. The fourth-order valence-corrected chi connectivity index (χ4v) is 1.54. The maximum atomic E-state index is 5.93. The van der Waals surface area contributed by atoms with Gasteiger partial charge in [0.15, 0.2) is 0 Å². The molecule has 78 valence electrons. The third-order valence-corrected chi connectivity index (χ3v) is 2.23. The Morgan fingerprint density at radius 3 is 3.00 bits per heavy atom. The molecule has 0 amide bonds. The van der Waals surface area contributed by atoms with Gasteiger partial charge in [0, 0.05) is 11.6 Å². The van der Waals surface area contributed by atoms with Crippen LogP contribution in [0.3, 0.4) is 0 Å². The van der Waals surface area contributed by atoms with E-state index in [0.717, 1.165) is 17.9 Å². The Morgan fingerprint density at radius 2 is 2.33 bits per heavy atom. The van der Waals surface area contributed by atoms with Crippen molar-refractivity contribution in [2.75, 3.05) is 11.9 Å². The number of nitrogens with one attached hydrogen (secondary N) is 1. The molecule has 2 rings (SSSR count). The third-order valence-electron chi connectivity index (χ3n) is 1.99. The molecule has 2 aromatic rings. The van der Waals surface area contributed by atoms with Crippen molar-refractivity contribution in [1.82, 2.24) is 14.8 Å². The van der Waals surface area contributed by atoms with E-state index >= 15 is 0 Å². The fraction of sp³-hybridized carbons (Fsp3) is 0.200. The predicted molar refractivity (Wildman–Crippen MR) is 60.5 cm³/mol. The van der Waals surface area contributed by atoms with E-state index in [-0.39, 0.29) is 0 Å². The van der Waals surface area contributed by atoms with Gasteiger partial charge in [0.1, 0.15) is 12.7 Å². The van der Waals surface area contributed by atoms with Crippen molar-refractivity contribution in [1.29, 1.82) is 0 Å². The van der Waals surface area contributed by atoms with Crippen LogP contribution in [-0.4, -0.2) is 21.3 Å². The van der Waals surface area contributed by atoms with Crippen LogP contribution in [0.25, 0.3) is 5.69 Å². The lowest BCUT2D eigenvalue weighted by Gasteiger charge is -2.10. The van der Waals surface area contributed by atoms with Crippen LogP contribution in [0.4, 0.5) is 5.69 Å². The van der Waals surface area contributed by atoms with Gasteiger partial charge in [-0.05, 0) is 25.1 Å². The van der Waals surface area contributed by atoms with Crippen molar-refractivity contribution in [2.24, 2.45) is 0 Å². The number of hydrogen-bond acceptors (Lipinski definition) is 3. The molecule has 5 heteroatoms. The Hall–Kier alpha value is -1.55. The summed E-state index contributed by atoms with van der Waals surface area (Å²) in [6.45, 7) is 2.87. The summed E-state index contributed by atoms with van der Waals surface area (Å²) >= 11 is 5.93. The highest BCUT2D eigenvalue weighted by atomic mass is 35.5. The number of anilines is 1. The lowest BCUT2D eigenvalue weighted by Crippen LogP contribution is -2.03. The molecule has 0 aliphatic heterocycles. The van der Waals surface area contributed by atoms with Gasteiger partial charge in [0.05, 0.1) is 11.4 Å². The summed E-state index contributed by atoms with van der Waals surface area (Å²) in [6, 6.07) is 5.62. The molecule has 1 N–H and O–H groups in total. The van der Waals surface area contributed by atoms with Crippen LogP contribution in [-0.2, 0) is 0 Å². The van der Waals surface area contributed by atoms with Crippen molar-refractivity contribution in [3.05, 3.63) is 35.9 Å². The Morgan fingerprint density at radius 1 is 1.47 bits per heavy atom. The second kappa shape index (κ2) is 4.31. The maximum Gasteiger partial charge on any atom is 0.138 e. The molecule has 0 saturated heterocycles. The molecule has 0 unspecified atom stereocenters. The first-order valence-electron chi connectivity index (χ1n) is 4.69. The van der Waals surface area contributed by atoms with E-state index in [2.05, 4.69) is 15.4 Å². The molecule has 0 radical (unpaired) electrons. The van der Waals surface area contributed by atoms with Crippen molar-refractivity contribution in [2.45, 2.75) is 6.92 Å². The van der Waals surface area contributed by atoms with Gasteiger partial charge in [0.25, 0.3) is 0 Å². The minimum atomic E-state index is 0.704. The van der Waals surface area contributed by atoms with Gasteiger partial charge in [-0.25, -0.2) is 9.67 Å². The highest BCUT2D eigenvalue weighted by Gasteiger charge is 2.04. The normalized spacial score (nSPS) is 10.3. The molecule has 15 heavy (non-hydrogen) atoms. The molecule has 0 saturated carbocycles. The molecule has 0 aliphatic carbocycles. The number of hydrogen-bond donors (Lipinski definition) is 1. The molecule has 0 spiro atoms. The van der Waals surface area contributed by atoms with Crippen LogP contribution in [0.1, 0.15) is 6.92 Å². The summed E-state index contributed by atoms with van der Waals surface area (Å²) in [4.78, 5) is 3.91. The zero-order chi connectivity index (χ0) is 10.7. The van der Waals surface area contributed by atoms with Gasteiger partial charge in [-0.15, -0.1) is 0 Å². The van der Waals surface area contributed by atoms with Gasteiger partial charge in [0.2, 0.25) is 0 Å². The van der Waals surface area contributed by atoms with Gasteiger partial charge in [-0.2, -0.15) is 5.10 Å². The molecule has 1 aromatic heterocycles. The lowest BCUT2D eigenvalue weighted by atomic mass is 10.2. The highest BCUT2D eigenvalue weighted by molar-refractivity contribution is 6.31. The van der Waals surface area contributed by atoms with Crippen LogP contribution < -0.4 is 5.32 Å². The molecule has 1 aromatic carbocycles. The predicted octanol–water partition coefficient (Wildman–Crippen LogP) is 2.35. The van der Waals surface area contributed by atoms with Gasteiger partial charge < -0.3 is 5.32 Å². The lowest BCUT2D eigenvalue weighted by molar-refractivity contribution is 0.878. The number of benzene rings is 1. The zero-order valence-corrected chi connectivity index (χ0v) is 9.07. The summed E-state index contributed by atoms with van der Waals surface area (Å²) < 4.78 is 1.70. The van der Waals surface area contributed by atoms with E-state index in [1.807, 2.05) is 25.1 Å². The van der Waals surface area contributed by atoms with Gasteiger partial charge >= 0.3 is 0 Å². The third kappa shape index (κ3) is 2.10. The molecule has 0 fully saturated rings. The smallest absolute Gasteiger partial charge is 0.138 e. The largest absolute Gasteiger partial charge is 0.384 e. The Balaban J connectivity index is 2.46. The summed E-state index contributed by atoms with van der Waals surface area (Å²) in [5, 5.41) is 8.02. The molecular weight excluding hydrogens is 212 g/mol. The molecule has 4 nitrogen and oxygen atoms in total. The summed E-state index contributed by atoms with van der Waals surface area (Å²) in [5.41, 5.74) is 1.90. The van der Waals surface area contributed by atoms with Crippen LogP contribution in [0.15, 0.2) is 30.9 Å². The van der Waals surface area contributed by atoms with Crippen LogP contribution >= 0.6 is 11.6 Å². The molecule has 0 bridgehead atoms. The monoisotopic (exact) mass is 222 g/mol. The Bertz CT molecular complexity index is 439. The average molecular weight is 223 g/mol. The van der Waals surface area contributed by atoms with Crippen molar-refractivity contribution >= 4 is 17.3 Å². The number of rotatable bonds is 3. The molecule has 0 atom stereocenters. The van der Waals surface area contributed by atoms with Crippen LogP contribution in [0.2, 0.25) is 5.02 Å². The van der Waals surface area contributed by atoms with E-state index in [1.54, 1.807) is 11.0 Å². The maximum absolute atomic E-state index is 5.93. The number of halogens is 1. The summed E-state index contributed by atoms with van der Waals surface area (Å²) in [5.74, 6) is 0. The van der Waals surface area contributed by atoms with E-state index in [1.165, 1.54) is 6.33 Å². The second-order valence-corrected chi connectivity index (χ2v) is 3.47. The minimum Gasteiger partial charge on any atom is -0.384 e. The second-order valence-electron chi connectivity index (χ2n) is 3.03.